The molecule has 126 valence electrons. The SMILES string of the molecule is Cc1n[nH]c(C)c1C1CCCN1C(=O)C(=O)Nc1cccc(Cl)c1. The van der Waals surface area contributed by atoms with Crippen molar-refractivity contribution in [2.45, 2.75) is 32.7 Å². The number of aromatic nitrogens is 2. The van der Waals surface area contributed by atoms with Gasteiger partial charge in [-0.25, -0.2) is 0 Å². The lowest BCUT2D eigenvalue weighted by Gasteiger charge is -2.24. The number of benzene rings is 1. The molecule has 2 N–H and O–H groups in total. The summed E-state index contributed by atoms with van der Waals surface area (Å²) in [6.45, 7) is 4.41. The molecule has 6 nitrogen and oxygen atoms in total. The van der Waals surface area contributed by atoms with E-state index in [0.29, 0.717) is 17.3 Å². The highest BCUT2D eigenvalue weighted by atomic mass is 35.5. The van der Waals surface area contributed by atoms with Crippen molar-refractivity contribution in [2.75, 3.05) is 11.9 Å². The van der Waals surface area contributed by atoms with E-state index in [1.165, 1.54) is 0 Å². The highest BCUT2D eigenvalue weighted by Crippen LogP contribution is 2.34. The van der Waals surface area contributed by atoms with Gasteiger partial charge in [-0.05, 0) is 44.9 Å². The van der Waals surface area contributed by atoms with Crippen molar-refractivity contribution in [1.82, 2.24) is 15.1 Å². The average Bonchev–Trinajstić information content (AvgIpc) is 3.13. The summed E-state index contributed by atoms with van der Waals surface area (Å²) in [7, 11) is 0. The first-order valence-corrected chi connectivity index (χ1v) is 8.24. The Labute approximate surface area is 145 Å². The predicted molar refractivity (Wildman–Crippen MR) is 91.8 cm³/mol. The number of halogens is 1. The van der Waals surface area contributed by atoms with E-state index in [-0.39, 0.29) is 6.04 Å². The molecule has 1 aromatic carbocycles. The Morgan fingerprint density at radius 2 is 2.17 bits per heavy atom. The van der Waals surface area contributed by atoms with Crippen LogP contribution in [0.4, 0.5) is 5.69 Å². The molecule has 24 heavy (non-hydrogen) atoms. The fourth-order valence-corrected chi connectivity index (χ4v) is 3.43. The van der Waals surface area contributed by atoms with E-state index in [2.05, 4.69) is 15.5 Å². The molecule has 1 aliphatic rings. The summed E-state index contributed by atoms with van der Waals surface area (Å²) in [5.41, 5.74) is 3.32. The smallest absolute Gasteiger partial charge is 0.313 e. The van der Waals surface area contributed by atoms with Gasteiger partial charge in [0.05, 0.1) is 11.7 Å². The van der Waals surface area contributed by atoms with Crippen LogP contribution in [0.15, 0.2) is 24.3 Å². The molecular formula is C17H19ClN4O2. The summed E-state index contributed by atoms with van der Waals surface area (Å²) in [6, 6.07) is 6.63. The molecule has 1 saturated heterocycles. The number of carbonyl (C=O) groups is 2. The molecule has 2 aromatic rings. The lowest BCUT2D eigenvalue weighted by atomic mass is 10.0. The van der Waals surface area contributed by atoms with Gasteiger partial charge in [-0.2, -0.15) is 5.10 Å². The lowest BCUT2D eigenvalue weighted by Crippen LogP contribution is -2.39. The van der Waals surface area contributed by atoms with Gasteiger partial charge in [0, 0.05) is 28.5 Å². The molecule has 7 heteroatoms. The fourth-order valence-electron chi connectivity index (χ4n) is 3.24. The first-order chi connectivity index (χ1) is 11.5. The van der Waals surface area contributed by atoms with Crippen LogP contribution in [0.3, 0.4) is 0 Å². The van der Waals surface area contributed by atoms with E-state index < -0.39 is 11.8 Å². The number of anilines is 1. The van der Waals surface area contributed by atoms with Gasteiger partial charge in [0.2, 0.25) is 0 Å². The number of likely N-dealkylation sites (tertiary alicyclic amines) is 1. The Kier molecular flexibility index (Phi) is 4.57. The molecule has 0 spiro atoms. The molecule has 0 radical (unpaired) electrons. The molecule has 0 aliphatic carbocycles. The van der Waals surface area contributed by atoms with E-state index in [1.54, 1.807) is 29.2 Å². The number of nitrogens with zero attached hydrogens (tertiary/aromatic N) is 2. The van der Waals surface area contributed by atoms with Crippen molar-refractivity contribution in [1.29, 1.82) is 0 Å². The van der Waals surface area contributed by atoms with Gasteiger partial charge < -0.3 is 10.2 Å². The Hall–Kier alpha value is -2.34. The highest BCUT2D eigenvalue weighted by Gasteiger charge is 2.35. The summed E-state index contributed by atoms with van der Waals surface area (Å²) in [5.74, 6) is -1.18. The quantitative estimate of drug-likeness (QED) is 0.820. The van der Waals surface area contributed by atoms with Gasteiger partial charge in [-0.1, -0.05) is 17.7 Å². The van der Waals surface area contributed by atoms with E-state index in [1.807, 2.05) is 13.8 Å². The third kappa shape index (κ3) is 3.14. The number of H-pyrrole nitrogens is 1. The number of nitrogens with one attached hydrogen (secondary N) is 2. The average molecular weight is 347 g/mol. The van der Waals surface area contributed by atoms with Crippen LogP contribution in [0.2, 0.25) is 5.02 Å². The number of hydrogen-bond donors (Lipinski definition) is 2. The Morgan fingerprint density at radius 1 is 1.38 bits per heavy atom. The Balaban J connectivity index is 1.77. The summed E-state index contributed by atoms with van der Waals surface area (Å²) in [6.07, 6.45) is 1.70. The van der Waals surface area contributed by atoms with Gasteiger partial charge in [-0.3, -0.25) is 14.7 Å². The number of hydrogen-bond acceptors (Lipinski definition) is 3. The molecule has 2 amide bonds. The van der Waals surface area contributed by atoms with Crippen molar-refractivity contribution < 1.29 is 9.59 Å². The summed E-state index contributed by atoms with van der Waals surface area (Å²) >= 11 is 5.90. The summed E-state index contributed by atoms with van der Waals surface area (Å²) in [5, 5.41) is 10.3. The standard InChI is InChI=1S/C17H19ClN4O2/c1-10-15(11(2)21-20-10)14-7-4-8-22(14)17(24)16(23)19-13-6-3-5-12(18)9-13/h3,5-6,9,14H,4,7-8H2,1-2H3,(H,19,23)(H,20,21). The van der Waals surface area contributed by atoms with Crippen LogP contribution < -0.4 is 5.32 Å². The molecule has 1 unspecified atom stereocenters. The monoisotopic (exact) mass is 346 g/mol. The molecule has 3 rings (SSSR count). The van der Waals surface area contributed by atoms with Crippen molar-refractivity contribution in [3.8, 4) is 0 Å². The topological polar surface area (TPSA) is 78.1 Å². The molecule has 1 fully saturated rings. The Bertz CT molecular complexity index is 767. The first kappa shape index (κ1) is 16.5. The number of aryl methyl sites for hydroxylation is 2. The van der Waals surface area contributed by atoms with E-state index in [9.17, 15) is 9.59 Å². The zero-order valence-electron chi connectivity index (χ0n) is 13.6. The van der Waals surface area contributed by atoms with E-state index in [0.717, 1.165) is 29.8 Å². The maximum absolute atomic E-state index is 12.6. The molecule has 1 aliphatic heterocycles. The van der Waals surface area contributed by atoms with E-state index in [4.69, 9.17) is 11.6 Å². The molecule has 1 atom stereocenters. The minimum absolute atomic E-state index is 0.110. The van der Waals surface area contributed by atoms with Gasteiger partial charge in [-0.15, -0.1) is 0 Å². The van der Waals surface area contributed by atoms with Crippen LogP contribution in [-0.2, 0) is 9.59 Å². The molecule has 1 aromatic heterocycles. The highest BCUT2D eigenvalue weighted by molar-refractivity contribution is 6.39. The largest absolute Gasteiger partial charge is 0.327 e. The second-order valence-electron chi connectivity index (χ2n) is 5.97. The van der Waals surface area contributed by atoms with Crippen molar-refractivity contribution in [3.05, 3.63) is 46.2 Å². The van der Waals surface area contributed by atoms with E-state index >= 15 is 0 Å². The molecule has 0 bridgehead atoms. The number of rotatable bonds is 2. The second-order valence-corrected chi connectivity index (χ2v) is 6.41. The lowest BCUT2D eigenvalue weighted by molar-refractivity contribution is -0.143. The Morgan fingerprint density at radius 3 is 2.83 bits per heavy atom. The first-order valence-electron chi connectivity index (χ1n) is 7.86. The minimum atomic E-state index is -0.650. The predicted octanol–water partition coefficient (Wildman–Crippen LogP) is 2.98. The molecular weight excluding hydrogens is 328 g/mol. The van der Waals surface area contributed by atoms with Crippen LogP contribution in [0.1, 0.15) is 35.8 Å². The van der Waals surface area contributed by atoms with Gasteiger partial charge in [0.25, 0.3) is 0 Å². The molecule has 0 saturated carbocycles. The van der Waals surface area contributed by atoms with Crippen molar-refractivity contribution >= 4 is 29.1 Å². The van der Waals surface area contributed by atoms with Gasteiger partial charge >= 0.3 is 11.8 Å². The van der Waals surface area contributed by atoms with Crippen molar-refractivity contribution in [3.63, 3.8) is 0 Å². The third-order valence-corrected chi connectivity index (χ3v) is 4.54. The van der Waals surface area contributed by atoms with Crippen LogP contribution in [-0.4, -0.2) is 33.5 Å². The number of aromatic amines is 1. The van der Waals surface area contributed by atoms with Gasteiger partial charge in [0.1, 0.15) is 0 Å². The second kappa shape index (κ2) is 6.65. The summed E-state index contributed by atoms with van der Waals surface area (Å²) in [4.78, 5) is 26.6. The van der Waals surface area contributed by atoms with Gasteiger partial charge in [0.15, 0.2) is 0 Å². The van der Waals surface area contributed by atoms with Crippen molar-refractivity contribution in [2.24, 2.45) is 0 Å². The zero-order chi connectivity index (χ0) is 17.3. The maximum atomic E-state index is 12.6. The van der Waals surface area contributed by atoms with Crippen LogP contribution in [0, 0.1) is 13.8 Å². The number of carbonyl (C=O) groups excluding carboxylic acids is 2. The minimum Gasteiger partial charge on any atom is -0.327 e. The van der Waals surface area contributed by atoms with Crippen LogP contribution in [0.5, 0.6) is 0 Å². The van der Waals surface area contributed by atoms with Crippen LogP contribution >= 0.6 is 11.6 Å². The fraction of sp³-hybridized carbons (Fsp3) is 0.353. The normalized spacial score (nSPS) is 17.1. The summed E-state index contributed by atoms with van der Waals surface area (Å²) < 4.78 is 0. The maximum Gasteiger partial charge on any atom is 0.313 e. The van der Waals surface area contributed by atoms with Crippen LogP contribution in [0.25, 0.3) is 0 Å². The number of amides is 2. The third-order valence-electron chi connectivity index (χ3n) is 4.31. The zero-order valence-corrected chi connectivity index (χ0v) is 14.4. The molecule has 2 heterocycles.